The second-order valence-electron chi connectivity index (χ2n) is 10.3. The molecule has 0 saturated carbocycles. The first-order chi connectivity index (χ1) is 11.7. The number of rotatable bonds is 5. The van der Waals surface area contributed by atoms with Gasteiger partial charge in [-0.1, -0.05) is 115 Å². The molecule has 1 rings (SSSR count). The summed E-state index contributed by atoms with van der Waals surface area (Å²) in [5, 5.41) is 2.59. The highest BCUT2D eigenvalue weighted by atomic mass is 79.9. The summed E-state index contributed by atoms with van der Waals surface area (Å²) in [6.45, 7) is 21.0. The van der Waals surface area contributed by atoms with E-state index in [1.54, 1.807) is 0 Å². The van der Waals surface area contributed by atoms with Crippen molar-refractivity contribution in [1.82, 2.24) is 0 Å². The zero-order valence-electron chi connectivity index (χ0n) is 18.2. The lowest BCUT2D eigenvalue weighted by molar-refractivity contribution is 0.554. The van der Waals surface area contributed by atoms with Crippen molar-refractivity contribution in [1.29, 1.82) is 0 Å². The number of hydrogen-bond acceptors (Lipinski definition) is 0. The van der Waals surface area contributed by atoms with Gasteiger partial charge in [0.15, 0.2) is 0 Å². The van der Waals surface area contributed by atoms with Crippen LogP contribution in [0, 0.1) is 0 Å². The highest BCUT2D eigenvalue weighted by molar-refractivity contribution is 9.19. The molecule has 0 fully saturated rings. The first-order valence-electron chi connectivity index (χ1n) is 9.66. The molecule has 0 aliphatic rings. The third-order valence-electron chi connectivity index (χ3n) is 4.59. The predicted octanol–water partition coefficient (Wildman–Crippen LogP) is 8.24. The molecule has 0 atom stereocenters. The van der Waals surface area contributed by atoms with Crippen LogP contribution in [-0.4, -0.2) is 9.53 Å². The molecule has 0 spiro atoms. The highest BCUT2D eigenvalue weighted by Crippen LogP contribution is 2.36. The Labute approximate surface area is 181 Å². The Morgan fingerprint density at radius 1 is 0.808 bits per heavy atom. The van der Waals surface area contributed by atoms with Gasteiger partial charge in [0.25, 0.3) is 0 Å². The molecule has 0 aromatic heterocycles. The summed E-state index contributed by atoms with van der Waals surface area (Å²) in [4.78, 5) is 0. The normalized spacial score (nSPS) is 14.0. The molecule has 0 N–H and O–H groups in total. The van der Waals surface area contributed by atoms with Gasteiger partial charge in [-0.2, -0.15) is 0 Å². The molecule has 1 aromatic carbocycles. The van der Waals surface area contributed by atoms with Crippen LogP contribution in [0.5, 0.6) is 0 Å². The van der Waals surface area contributed by atoms with E-state index >= 15 is 0 Å². The van der Waals surface area contributed by atoms with Gasteiger partial charge in [-0.3, -0.25) is 0 Å². The minimum Gasteiger partial charge on any atom is -0.0928 e. The van der Waals surface area contributed by atoms with Gasteiger partial charge in [0, 0.05) is 14.8 Å². The third kappa shape index (κ3) is 7.06. The Hall–Kier alpha value is 0.350. The topological polar surface area (TPSA) is 0 Å². The molecular weight excluding hydrogens is 467 g/mol. The minimum atomic E-state index is 0.132. The molecular formula is C23H37Br2P. The Kier molecular flexibility index (Phi) is 8.66. The van der Waals surface area contributed by atoms with Crippen molar-refractivity contribution in [2.45, 2.75) is 97.8 Å². The molecule has 3 heteroatoms. The molecule has 148 valence electrons. The van der Waals surface area contributed by atoms with Gasteiger partial charge in [-0.05, 0) is 52.2 Å². The standard InChI is InChI=1S/C23H37Br2P/c1-21(2,3)16-14-17(22(4,5)6)20(18(15-16)23(7,8)9)26-19(25)12-10-11-13-24/h14-15H,10-13H2,1-9H3. The largest absolute Gasteiger partial charge is 0.0928 e. The molecule has 0 aliphatic heterocycles. The summed E-state index contributed by atoms with van der Waals surface area (Å²) >= 11 is 7.44. The summed E-state index contributed by atoms with van der Waals surface area (Å²) in [6.07, 6.45) is 3.60. The molecule has 0 aliphatic carbocycles. The van der Waals surface area contributed by atoms with E-state index in [4.69, 9.17) is 0 Å². The molecule has 0 unspecified atom stereocenters. The van der Waals surface area contributed by atoms with E-state index in [2.05, 4.69) is 106 Å². The second kappa shape index (κ2) is 9.23. The first-order valence-corrected chi connectivity index (χ1v) is 12.5. The van der Waals surface area contributed by atoms with Crippen LogP contribution in [0.2, 0.25) is 0 Å². The number of halogens is 2. The van der Waals surface area contributed by atoms with Crippen molar-refractivity contribution in [3.63, 3.8) is 0 Å². The van der Waals surface area contributed by atoms with E-state index in [9.17, 15) is 0 Å². The van der Waals surface area contributed by atoms with Crippen LogP contribution in [0.15, 0.2) is 12.1 Å². The molecule has 0 radical (unpaired) electrons. The second-order valence-corrected chi connectivity index (χ2v) is 13.9. The van der Waals surface area contributed by atoms with E-state index < -0.39 is 0 Å². The SMILES string of the molecule is CC(C)(C)c1cc(C(C)(C)C)c(P=C(Br)CCCCBr)c(C(C)(C)C)c1. The average molecular weight is 504 g/mol. The van der Waals surface area contributed by atoms with Crippen LogP contribution in [0.4, 0.5) is 0 Å². The average Bonchev–Trinajstić information content (AvgIpc) is 2.44. The van der Waals surface area contributed by atoms with Crippen molar-refractivity contribution >= 4 is 49.6 Å². The van der Waals surface area contributed by atoms with Crippen LogP contribution in [0.3, 0.4) is 0 Å². The number of alkyl halides is 1. The Balaban J connectivity index is 3.66. The number of unbranched alkanes of at least 4 members (excludes halogenated alkanes) is 1. The lowest BCUT2D eigenvalue weighted by atomic mass is 9.75. The number of benzene rings is 1. The quantitative estimate of drug-likeness (QED) is 0.215. The summed E-state index contributed by atoms with van der Waals surface area (Å²) in [6, 6.07) is 4.94. The van der Waals surface area contributed by atoms with Crippen LogP contribution < -0.4 is 5.30 Å². The zero-order chi connectivity index (χ0) is 20.3. The van der Waals surface area contributed by atoms with Crippen molar-refractivity contribution in [2.24, 2.45) is 0 Å². The van der Waals surface area contributed by atoms with Gasteiger partial charge >= 0.3 is 0 Å². The van der Waals surface area contributed by atoms with Crippen molar-refractivity contribution in [3.05, 3.63) is 28.8 Å². The van der Waals surface area contributed by atoms with Crippen molar-refractivity contribution in [2.75, 3.05) is 5.33 Å². The Morgan fingerprint density at radius 2 is 1.27 bits per heavy atom. The third-order valence-corrected chi connectivity index (χ3v) is 7.25. The molecule has 1 aromatic rings. The van der Waals surface area contributed by atoms with Crippen molar-refractivity contribution in [3.8, 4) is 0 Å². The van der Waals surface area contributed by atoms with Gasteiger partial charge in [0.1, 0.15) is 0 Å². The summed E-state index contributed by atoms with van der Waals surface area (Å²) in [5.41, 5.74) is 4.86. The molecule has 0 saturated heterocycles. The van der Waals surface area contributed by atoms with E-state index in [1.807, 2.05) is 0 Å². The maximum absolute atomic E-state index is 3.89. The van der Waals surface area contributed by atoms with E-state index in [0.29, 0.717) is 0 Å². The van der Waals surface area contributed by atoms with Crippen LogP contribution >= 0.6 is 40.1 Å². The molecule has 0 heterocycles. The lowest BCUT2D eigenvalue weighted by Crippen LogP contribution is -2.30. The van der Waals surface area contributed by atoms with Gasteiger partial charge < -0.3 is 0 Å². The summed E-state index contributed by atoms with van der Waals surface area (Å²) < 4.78 is 1.40. The van der Waals surface area contributed by atoms with Crippen LogP contribution in [-0.2, 0) is 16.2 Å². The number of hydrogen-bond donors (Lipinski definition) is 0. The van der Waals surface area contributed by atoms with Crippen LogP contribution in [0.25, 0.3) is 0 Å². The van der Waals surface area contributed by atoms with Crippen LogP contribution in [0.1, 0.15) is 98.3 Å². The van der Waals surface area contributed by atoms with Gasteiger partial charge in [-0.25, -0.2) is 0 Å². The molecule has 0 amide bonds. The smallest absolute Gasteiger partial charge is 0.0229 e. The molecule has 0 bridgehead atoms. The predicted molar refractivity (Wildman–Crippen MR) is 131 cm³/mol. The fourth-order valence-corrected chi connectivity index (χ4v) is 5.64. The molecule has 26 heavy (non-hydrogen) atoms. The Morgan fingerprint density at radius 3 is 1.62 bits per heavy atom. The van der Waals surface area contributed by atoms with E-state index in [1.165, 1.54) is 47.2 Å². The van der Waals surface area contributed by atoms with Gasteiger partial charge in [0.05, 0.1) is 0 Å². The van der Waals surface area contributed by atoms with E-state index in [-0.39, 0.29) is 16.2 Å². The maximum atomic E-state index is 3.89. The van der Waals surface area contributed by atoms with Crippen molar-refractivity contribution < 1.29 is 0 Å². The highest BCUT2D eigenvalue weighted by Gasteiger charge is 2.28. The minimum absolute atomic E-state index is 0.132. The summed E-state index contributed by atoms with van der Waals surface area (Å²) in [7, 11) is 1.34. The maximum Gasteiger partial charge on any atom is 0.0229 e. The first kappa shape index (κ1) is 24.4. The zero-order valence-corrected chi connectivity index (χ0v) is 22.3. The lowest BCUT2D eigenvalue weighted by Gasteiger charge is -2.32. The van der Waals surface area contributed by atoms with E-state index in [0.717, 1.165) is 11.8 Å². The van der Waals surface area contributed by atoms with Gasteiger partial charge in [0.2, 0.25) is 0 Å². The Bertz CT molecular complexity index is 603. The fraction of sp³-hybridized carbons (Fsp3) is 0.696. The van der Waals surface area contributed by atoms with Gasteiger partial charge in [-0.15, -0.1) is 0 Å². The molecule has 0 nitrogen and oxygen atoms in total. The fourth-order valence-electron chi connectivity index (χ4n) is 2.87. The summed E-state index contributed by atoms with van der Waals surface area (Å²) in [5.74, 6) is 0. The monoisotopic (exact) mass is 502 g/mol.